The minimum Gasteiger partial charge on any atom is -0.491 e. The van der Waals surface area contributed by atoms with Crippen molar-refractivity contribution in [2.75, 3.05) is 220 Å². The molecule has 1 N–H and O–H groups in total. The van der Waals surface area contributed by atoms with Gasteiger partial charge in [0.2, 0.25) is 0 Å². The van der Waals surface area contributed by atoms with Crippen LogP contribution in [-0.2, 0) is 130 Å². The van der Waals surface area contributed by atoms with E-state index in [9.17, 15) is 5.11 Å². The lowest BCUT2D eigenvalue weighted by atomic mass is 10.00. The number of aromatic nitrogens is 9. The maximum atomic E-state index is 11.1. The van der Waals surface area contributed by atoms with E-state index in [4.69, 9.17) is 109 Å². The van der Waals surface area contributed by atoms with Crippen LogP contribution in [0.2, 0.25) is 0 Å². The van der Waals surface area contributed by atoms with Crippen LogP contribution in [0.3, 0.4) is 0 Å². The fourth-order valence-electron chi connectivity index (χ4n) is 14.1. The molecular formula is C102H123N9O24. The van der Waals surface area contributed by atoms with Crippen LogP contribution in [0.25, 0.3) is 43.4 Å². The number of rotatable bonds is 71. The van der Waals surface area contributed by atoms with Crippen molar-refractivity contribution in [2.24, 2.45) is 0 Å². The Kier molecular flexibility index (Phi) is 43.6. The highest BCUT2D eigenvalue weighted by Crippen LogP contribution is 2.44. The maximum absolute atomic E-state index is 11.1. The van der Waals surface area contributed by atoms with Crippen molar-refractivity contribution in [1.82, 2.24) is 45.0 Å². The summed E-state index contributed by atoms with van der Waals surface area (Å²) in [5, 5.41) is 45.0. The van der Waals surface area contributed by atoms with Crippen molar-refractivity contribution in [2.45, 2.75) is 59.3 Å². The highest BCUT2D eigenvalue weighted by molar-refractivity contribution is 5.85. The third-order valence-electron chi connectivity index (χ3n) is 20.7. The molecule has 0 radical (unpaired) electrons. The summed E-state index contributed by atoms with van der Waals surface area (Å²) in [4.78, 5) is 0. The Bertz CT molecular complexity index is 5360. The van der Waals surface area contributed by atoms with Crippen LogP contribution in [0, 0.1) is 0 Å². The summed E-state index contributed by atoms with van der Waals surface area (Å²) < 4.78 is 143. The second-order valence-electron chi connectivity index (χ2n) is 31.0. The minimum atomic E-state index is -0.356. The van der Waals surface area contributed by atoms with E-state index in [0.29, 0.717) is 262 Å². The normalized spacial score (nSPS) is 11.5. The molecule has 720 valence electrons. The van der Waals surface area contributed by atoms with Crippen LogP contribution in [0.4, 0.5) is 0 Å². The Morgan fingerprint density at radius 3 is 0.815 bits per heavy atom. The molecule has 0 fully saturated rings. The number of hydrogen-bond donors (Lipinski definition) is 1. The first-order valence-corrected chi connectivity index (χ1v) is 45.5. The first-order valence-electron chi connectivity index (χ1n) is 45.5. The number of methoxy groups -OCH3 is 3. The average Bonchev–Trinajstić information content (AvgIpc) is 1.32. The number of fused-ring (bicyclic) bond motifs is 3. The van der Waals surface area contributed by atoms with Gasteiger partial charge in [0.1, 0.15) is 116 Å². The molecule has 0 unspecified atom stereocenters. The lowest BCUT2D eigenvalue weighted by Gasteiger charge is -2.20. The Hall–Kier alpha value is -11.8. The Morgan fingerprint density at radius 2 is 0.496 bits per heavy atom. The summed E-state index contributed by atoms with van der Waals surface area (Å²) in [6.07, 6.45) is 5.61. The molecule has 3 aromatic heterocycles. The zero-order valence-corrected chi connectivity index (χ0v) is 77.1. The summed E-state index contributed by atoms with van der Waals surface area (Å²) in [7, 11) is 4.91. The SMILES string of the molecule is COCCOCCOCCOCCOCCOc1cc(COc2cc(OCc3cc(OCCOCCOCCOCCOCCOC)cc(OCc4cn(Cc5ccc6ccccc6c5)nn4)c3)cc(-c3c(OCCOCCOCCOCCOCCOC)cc(CO)cc3OCc3cn(Cc4ccc5ccccc5c4)nn3)c2)cc(OCc2cn(Cc3ccc4ccccc4c3)nn2)c1. The fourth-order valence-corrected chi connectivity index (χ4v) is 14.1. The zero-order valence-electron chi connectivity index (χ0n) is 77.1. The molecule has 13 rings (SSSR count). The van der Waals surface area contributed by atoms with Gasteiger partial charge >= 0.3 is 0 Å². The fraction of sp³-hybridized carbons (Fsp3) is 0.412. The summed E-state index contributed by atoms with van der Waals surface area (Å²) in [5.41, 5.74) is 7.91. The number of nitrogens with zero attached hydrogens (tertiary/aromatic N) is 9. The van der Waals surface area contributed by atoms with Crippen LogP contribution in [0.15, 0.2) is 213 Å². The Balaban J connectivity index is 0.772. The van der Waals surface area contributed by atoms with Crippen molar-refractivity contribution in [3.05, 3.63) is 263 Å². The summed E-state index contributed by atoms with van der Waals surface area (Å²) in [6, 6.07) is 64.1. The molecule has 0 saturated heterocycles. The smallest absolute Gasteiger partial charge is 0.134 e. The van der Waals surface area contributed by atoms with Gasteiger partial charge in [-0.25, -0.2) is 14.0 Å². The van der Waals surface area contributed by atoms with Crippen molar-refractivity contribution in [1.29, 1.82) is 0 Å². The van der Waals surface area contributed by atoms with Crippen LogP contribution in [-0.4, -0.2) is 270 Å². The van der Waals surface area contributed by atoms with Crippen molar-refractivity contribution in [3.63, 3.8) is 0 Å². The van der Waals surface area contributed by atoms with E-state index in [1.807, 2.05) is 110 Å². The molecule has 0 aliphatic heterocycles. The number of aliphatic hydroxyl groups excluding tert-OH is 1. The van der Waals surface area contributed by atoms with Gasteiger partial charge in [0.15, 0.2) is 0 Å². The van der Waals surface area contributed by atoms with E-state index < -0.39 is 0 Å². The molecular weight excluding hydrogens is 1740 g/mol. The van der Waals surface area contributed by atoms with Gasteiger partial charge in [-0.15, -0.1) is 15.3 Å². The lowest BCUT2D eigenvalue weighted by Crippen LogP contribution is -2.14. The van der Waals surface area contributed by atoms with Gasteiger partial charge < -0.3 is 114 Å². The summed E-state index contributed by atoms with van der Waals surface area (Å²) in [5.74, 6) is 3.42. The van der Waals surface area contributed by atoms with Crippen LogP contribution < -0.4 is 37.9 Å². The van der Waals surface area contributed by atoms with Gasteiger partial charge in [-0.1, -0.05) is 125 Å². The number of aliphatic hydroxyl groups is 1. The van der Waals surface area contributed by atoms with Crippen LogP contribution >= 0.6 is 0 Å². The molecule has 3 heterocycles. The van der Waals surface area contributed by atoms with Gasteiger partial charge in [0, 0.05) is 39.5 Å². The first kappa shape index (κ1) is 101. The van der Waals surface area contributed by atoms with Crippen LogP contribution in [0.1, 0.15) is 50.5 Å². The molecule has 13 aromatic rings. The van der Waals surface area contributed by atoms with E-state index >= 15 is 0 Å². The van der Waals surface area contributed by atoms with E-state index in [1.165, 1.54) is 0 Å². The zero-order chi connectivity index (χ0) is 93.0. The van der Waals surface area contributed by atoms with Crippen molar-refractivity contribution < 1.29 is 114 Å². The summed E-state index contributed by atoms with van der Waals surface area (Å²) in [6.45, 7) is 12.8. The molecule has 0 spiro atoms. The molecule has 0 aliphatic rings. The number of benzene rings is 10. The predicted molar refractivity (Wildman–Crippen MR) is 504 cm³/mol. The van der Waals surface area contributed by atoms with E-state index in [2.05, 4.69) is 122 Å². The third-order valence-corrected chi connectivity index (χ3v) is 20.7. The largest absolute Gasteiger partial charge is 0.491 e. The van der Waals surface area contributed by atoms with Gasteiger partial charge in [-0.2, -0.15) is 0 Å². The molecule has 33 nitrogen and oxygen atoms in total. The molecule has 0 amide bonds. The van der Waals surface area contributed by atoms with Gasteiger partial charge in [0.05, 0.1) is 229 Å². The van der Waals surface area contributed by atoms with Gasteiger partial charge in [-0.05, 0) is 138 Å². The molecule has 0 atom stereocenters. The van der Waals surface area contributed by atoms with Crippen molar-refractivity contribution >= 4 is 32.3 Å². The number of ether oxygens (including phenoxy) is 23. The van der Waals surface area contributed by atoms with Crippen LogP contribution in [0.5, 0.6) is 46.0 Å². The minimum absolute atomic E-state index is 0.00430. The Morgan fingerprint density at radius 1 is 0.230 bits per heavy atom. The predicted octanol–water partition coefficient (Wildman–Crippen LogP) is 13.4. The summed E-state index contributed by atoms with van der Waals surface area (Å²) >= 11 is 0. The van der Waals surface area contributed by atoms with Gasteiger partial charge in [-0.3, -0.25) is 0 Å². The van der Waals surface area contributed by atoms with E-state index in [0.717, 1.165) is 49.0 Å². The second kappa shape index (κ2) is 58.4. The number of hydrogen-bond acceptors (Lipinski definition) is 30. The van der Waals surface area contributed by atoms with E-state index in [-0.39, 0.29) is 85.9 Å². The van der Waals surface area contributed by atoms with Gasteiger partial charge in [0.25, 0.3) is 0 Å². The highest BCUT2D eigenvalue weighted by atomic mass is 16.6. The van der Waals surface area contributed by atoms with E-state index in [1.54, 1.807) is 47.5 Å². The quantitative estimate of drug-likeness (QED) is 0.0346. The molecule has 10 aromatic carbocycles. The standard InChI is InChI=1S/C102H123N9O24/c1-113-22-25-116-28-31-119-34-37-122-40-43-125-46-49-128-94-55-82(57-96(63-94)133-75-91-69-109(106-103-91)66-78-16-19-84-10-4-7-13-87(84)52-78)73-131-98-61-90(102-100(130-51-48-127-45-42-124-39-36-121-33-30-118-27-24-115-3)59-81(72-112)60-101(102)135-77-93-71-111(108-105-93)68-80-18-21-86-12-6-9-15-89(86)54-80)62-99(65-98)132-74-83-56-95(129-50-47-126-44-41-123-38-35-120-32-29-117-26-23-114-2)64-97(58-83)134-76-92-70-110(107-104-92)67-79-17-20-85-11-5-8-14-88(85)53-79/h4-21,52-65,69-71,112H,22-51,66-68,72-77H2,1-3H3. The topological polar surface area (TPSA) is 325 Å². The average molecular weight is 1860 g/mol. The molecule has 0 saturated carbocycles. The highest BCUT2D eigenvalue weighted by Gasteiger charge is 2.22. The lowest BCUT2D eigenvalue weighted by molar-refractivity contribution is -0.00979. The molecule has 33 heteroatoms. The van der Waals surface area contributed by atoms with Crippen molar-refractivity contribution in [3.8, 4) is 57.1 Å². The molecule has 135 heavy (non-hydrogen) atoms. The Labute approximate surface area is 786 Å². The second-order valence-corrected chi connectivity index (χ2v) is 31.0. The maximum Gasteiger partial charge on any atom is 0.134 e. The third kappa shape index (κ3) is 36.1. The monoisotopic (exact) mass is 1860 g/mol. The molecule has 0 aliphatic carbocycles. The molecule has 0 bridgehead atoms. The first-order chi connectivity index (χ1) is 66.7.